The summed E-state index contributed by atoms with van der Waals surface area (Å²) in [4.78, 5) is 11.2. The molecule has 1 aromatic rings. The van der Waals surface area contributed by atoms with Crippen molar-refractivity contribution < 1.29 is 9.53 Å². The van der Waals surface area contributed by atoms with E-state index in [-0.39, 0.29) is 5.41 Å². The summed E-state index contributed by atoms with van der Waals surface area (Å²) in [5.74, 6) is -0.402. The molecule has 0 radical (unpaired) electrons. The largest absolute Gasteiger partial charge is 0.468 e. The Balaban J connectivity index is 2.83. The third-order valence-electron chi connectivity index (χ3n) is 2.41. The van der Waals surface area contributed by atoms with Gasteiger partial charge in [-0.15, -0.1) is 0 Å². The minimum atomic E-state index is -0.635. The van der Waals surface area contributed by atoms with Crippen molar-refractivity contribution in [1.29, 1.82) is 0 Å². The molecule has 0 spiro atoms. The molecule has 1 rings (SSSR count). The molecule has 16 heavy (non-hydrogen) atoms. The lowest BCUT2D eigenvalue weighted by Crippen LogP contribution is -2.34. The Bertz CT molecular complexity index is 366. The molecule has 1 atom stereocenters. The lowest BCUT2D eigenvalue weighted by molar-refractivity contribution is -0.142. The summed E-state index contributed by atoms with van der Waals surface area (Å²) in [5, 5.41) is 6.94. The van der Waals surface area contributed by atoms with Gasteiger partial charge in [0.15, 0.2) is 0 Å². The van der Waals surface area contributed by atoms with E-state index in [1.807, 2.05) is 0 Å². The normalized spacial score (nSPS) is 13.6. The quantitative estimate of drug-likeness (QED) is 0.744. The maximum Gasteiger partial charge on any atom is 0.322 e. The highest BCUT2D eigenvalue weighted by molar-refractivity contribution is 5.75. The Morgan fingerprint density at radius 1 is 1.62 bits per heavy atom. The number of rotatable bonds is 3. The fourth-order valence-electron chi connectivity index (χ4n) is 1.59. The van der Waals surface area contributed by atoms with E-state index in [1.165, 1.54) is 7.11 Å². The van der Waals surface area contributed by atoms with Crippen molar-refractivity contribution in [1.82, 2.24) is 10.2 Å². The number of hydrogen-bond donors (Lipinski definition) is 2. The molecule has 1 unspecified atom stereocenters. The number of carbonyl (C=O) groups excluding carboxylic acids is 1. The standard InChI is InChI=1S/C11H19N3O2/c1-11(2,3)9-7(6-13-14-9)5-8(12)10(15)16-4/h6,8H,5,12H2,1-4H3,(H,13,14). The van der Waals surface area contributed by atoms with Crippen LogP contribution in [0.2, 0.25) is 0 Å². The number of H-pyrrole nitrogens is 1. The number of esters is 1. The van der Waals surface area contributed by atoms with Crippen LogP contribution >= 0.6 is 0 Å². The van der Waals surface area contributed by atoms with Gasteiger partial charge in [-0.3, -0.25) is 9.89 Å². The van der Waals surface area contributed by atoms with Crippen molar-refractivity contribution >= 4 is 5.97 Å². The molecule has 0 fully saturated rings. The average molecular weight is 225 g/mol. The topological polar surface area (TPSA) is 81.0 Å². The lowest BCUT2D eigenvalue weighted by atomic mass is 9.88. The van der Waals surface area contributed by atoms with E-state index in [1.54, 1.807) is 6.20 Å². The molecule has 0 aliphatic rings. The molecule has 1 heterocycles. The van der Waals surface area contributed by atoms with E-state index >= 15 is 0 Å². The van der Waals surface area contributed by atoms with Gasteiger partial charge in [-0.05, 0) is 5.56 Å². The van der Waals surface area contributed by atoms with Gasteiger partial charge >= 0.3 is 5.97 Å². The van der Waals surface area contributed by atoms with E-state index in [0.717, 1.165) is 11.3 Å². The van der Waals surface area contributed by atoms with Gasteiger partial charge in [0.2, 0.25) is 0 Å². The zero-order chi connectivity index (χ0) is 12.3. The molecule has 0 aliphatic heterocycles. The van der Waals surface area contributed by atoms with E-state index in [9.17, 15) is 4.79 Å². The van der Waals surface area contributed by atoms with Gasteiger partial charge in [0.25, 0.3) is 0 Å². The van der Waals surface area contributed by atoms with Crippen LogP contribution in [0, 0.1) is 0 Å². The number of aromatic nitrogens is 2. The molecule has 90 valence electrons. The van der Waals surface area contributed by atoms with E-state index < -0.39 is 12.0 Å². The minimum absolute atomic E-state index is 0.0400. The highest BCUT2D eigenvalue weighted by atomic mass is 16.5. The van der Waals surface area contributed by atoms with E-state index in [0.29, 0.717) is 6.42 Å². The second-order valence-corrected chi connectivity index (χ2v) is 4.85. The highest BCUT2D eigenvalue weighted by Gasteiger charge is 2.23. The Morgan fingerprint density at radius 2 is 2.25 bits per heavy atom. The second-order valence-electron chi connectivity index (χ2n) is 4.85. The first-order chi connectivity index (χ1) is 7.36. The number of carbonyl (C=O) groups is 1. The first-order valence-electron chi connectivity index (χ1n) is 5.22. The number of hydrogen-bond acceptors (Lipinski definition) is 4. The van der Waals surface area contributed by atoms with Gasteiger partial charge in [0.05, 0.1) is 13.3 Å². The number of nitrogens with one attached hydrogen (secondary N) is 1. The lowest BCUT2D eigenvalue weighted by Gasteiger charge is -2.19. The summed E-state index contributed by atoms with van der Waals surface area (Å²) in [6, 6.07) is -0.635. The summed E-state index contributed by atoms with van der Waals surface area (Å²) in [6.07, 6.45) is 2.15. The van der Waals surface area contributed by atoms with Crippen molar-refractivity contribution in [3.63, 3.8) is 0 Å². The molecular formula is C11H19N3O2. The Kier molecular flexibility index (Phi) is 3.70. The Hall–Kier alpha value is -1.36. The predicted octanol–water partition coefficient (Wildman–Crippen LogP) is 0.750. The van der Waals surface area contributed by atoms with Crippen LogP contribution in [0.5, 0.6) is 0 Å². The van der Waals surface area contributed by atoms with Crippen LogP contribution in [0.4, 0.5) is 0 Å². The summed E-state index contributed by atoms with van der Waals surface area (Å²) >= 11 is 0. The monoisotopic (exact) mass is 225 g/mol. The number of nitrogens with two attached hydrogens (primary N) is 1. The Morgan fingerprint density at radius 3 is 2.75 bits per heavy atom. The summed E-state index contributed by atoms with van der Waals surface area (Å²) in [6.45, 7) is 6.23. The summed E-state index contributed by atoms with van der Waals surface area (Å²) < 4.78 is 4.59. The zero-order valence-corrected chi connectivity index (χ0v) is 10.2. The van der Waals surface area contributed by atoms with Crippen LogP contribution in [-0.2, 0) is 21.4 Å². The highest BCUT2D eigenvalue weighted by Crippen LogP contribution is 2.24. The van der Waals surface area contributed by atoms with Gasteiger partial charge in [-0.25, -0.2) is 0 Å². The van der Waals surface area contributed by atoms with Gasteiger partial charge < -0.3 is 10.5 Å². The van der Waals surface area contributed by atoms with Crippen molar-refractivity contribution in [3.8, 4) is 0 Å². The fourth-order valence-corrected chi connectivity index (χ4v) is 1.59. The number of aromatic amines is 1. The molecule has 0 bridgehead atoms. The number of methoxy groups -OCH3 is 1. The van der Waals surface area contributed by atoms with Gasteiger partial charge in [0, 0.05) is 17.5 Å². The molecule has 0 amide bonds. The zero-order valence-electron chi connectivity index (χ0n) is 10.2. The molecule has 0 saturated carbocycles. The summed E-state index contributed by atoms with van der Waals surface area (Å²) in [7, 11) is 1.34. The predicted molar refractivity (Wildman–Crippen MR) is 61.0 cm³/mol. The van der Waals surface area contributed by atoms with Crippen LogP contribution < -0.4 is 5.73 Å². The van der Waals surface area contributed by atoms with Gasteiger partial charge in [-0.1, -0.05) is 20.8 Å². The van der Waals surface area contributed by atoms with Crippen molar-refractivity contribution in [3.05, 3.63) is 17.5 Å². The van der Waals surface area contributed by atoms with Gasteiger partial charge in [-0.2, -0.15) is 5.10 Å². The number of nitrogens with zero attached hydrogens (tertiary/aromatic N) is 1. The summed E-state index contributed by atoms with van der Waals surface area (Å²) in [5.41, 5.74) is 7.64. The van der Waals surface area contributed by atoms with Crippen LogP contribution in [0.25, 0.3) is 0 Å². The van der Waals surface area contributed by atoms with Crippen LogP contribution in [-0.4, -0.2) is 29.3 Å². The first-order valence-corrected chi connectivity index (χ1v) is 5.22. The van der Waals surface area contributed by atoms with Crippen LogP contribution in [0.1, 0.15) is 32.0 Å². The average Bonchev–Trinajstić information content (AvgIpc) is 2.63. The van der Waals surface area contributed by atoms with E-state index in [2.05, 4.69) is 35.7 Å². The Labute approximate surface area is 95.4 Å². The maximum atomic E-state index is 11.2. The van der Waals surface area contributed by atoms with Crippen LogP contribution in [0.3, 0.4) is 0 Å². The molecule has 3 N–H and O–H groups in total. The van der Waals surface area contributed by atoms with Crippen molar-refractivity contribution in [2.75, 3.05) is 7.11 Å². The molecule has 5 heteroatoms. The molecular weight excluding hydrogens is 206 g/mol. The maximum absolute atomic E-state index is 11.2. The van der Waals surface area contributed by atoms with E-state index in [4.69, 9.17) is 5.73 Å². The molecule has 5 nitrogen and oxygen atoms in total. The smallest absolute Gasteiger partial charge is 0.322 e. The van der Waals surface area contributed by atoms with Crippen molar-refractivity contribution in [2.45, 2.75) is 38.6 Å². The third-order valence-corrected chi connectivity index (χ3v) is 2.41. The first kappa shape index (κ1) is 12.7. The minimum Gasteiger partial charge on any atom is -0.468 e. The molecule has 0 saturated heterocycles. The second kappa shape index (κ2) is 4.65. The SMILES string of the molecule is COC(=O)C(N)Cc1cn[nH]c1C(C)(C)C. The molecule has 0 aromatic carbocycles. The molecule has 1 aromatic heterocycles. The fraction of sp³-hybridized carbons (Fsp3) is 0.636. The number of ether oxygens (including phenoxy) is 1. The van der Waals surface area contributed by atoms with Crippen LogP contribution in [0.15, 0.2) is 6.20 Å². The van der Waals surface area contributed by atoms with Gasteiger partial charge in [0.1, 0.15) is 6.04 Å². The third kappa shape index (κ3) is 2.82. The molecule has 0 aliphatic carbocycles. The van der Waals surface area contributed by atoms with Crippen molar-refractivity contribution in [2.24, 2.45) is 5.73 Å².